The highest BCUT2D eigenvalue weighted by molar-refractivity contribution is 14.1. The van der Waals surface area contributed by atoms with Crippen LogP contribution in [0.2, 0.25) is 0 Å². The lowest BCUT2D eigenvalue weighted by atomic mass is 9.95. The predicted octanol–water partition coefficient (Wildman–Crippen LogP) is 4.28. The summed E-state index contributed by atoms with van der Waals surface area (Å²) in [5.74, 6) is 1.71. The van der Waals surface area contributed by atoms with E-state index in [0.29, 0.717) is 6.61 Å². The molecule has 0 aliphatic carbocycles. The maximum atomic E-state index is 5.78. The van der Waals surface area contributed by atoms with Crippen molar-refractivity contribution in [1.29, 1.82) is 0 Å². The number of fused-ring (bicyclic) bond motifs is 1. The predicted molar refractivity (Wildman–Crippen MR) is 85.0 cm³/mol. The Hall–Kier alpha value is -1.49. The molecule has 0 bridgehead atoms. The molecule has 0 unspecified atom stereocenters. The molecule has 0 amide bonds. The van der Waals surface area contributed by atoms with Gasteiger partial charge < -0.3 is 9.47 Å². The van der Waals surface area contributed by atoms with Crippen LogP contribution in [0, 0.1) is 0 Å². The fraction of sp³-hybridized carbons (Fsp3) is 0.125. The maximum Gasteiger partial charge on any atom is 0.131 e. The van der Waals surface area contributed by atoms with Crippen molar-refractivity contribution in [2.45, 2.75) is 0 Å². The molecule has 1 heterocycles. The van der Waals surface area contributed by atoms with Crippen LogP contribution in [0.1, 0.15) is 11.1 Å². The first-order valence-corrected chi connectivity index (χ1v) is 7.13. The first-order valence-electron chi connectivity index (χ1n) is 6.05. The Labute approximate surface area is 126 Å². The summed E-state index contributed by atoms with van der Waals surface area (Å²) < 4.78 is 12.3. The molecule has 96 valence electrons. The van der Waals surface area contributed by atoms with Crippen LogP contribution in [0.25, 0.3) is 5.57 Å². The second-order valence-electron chi connectivity index (χ2n) is 4.30. The minimum Gasteiger partial charge on any atom is -0.497 e. The van der Waals surface area contributed by atoms with Gasteiger partial charge in [-0.1, -0.05) is 30.3 Å². The van der Waals surface area contributed by atoms with E-state index in [9.17, 15) is 0 Å². The molecule has 1 aliphatic rings. The molecule has 0 atom stereocenters. The Bertz CT molecular complexity index is 632. The Morgan fingerprint density at radius 1 is 1.11 bits per heavy atom. The smallest absolute Gasteiger partial charge is 0.131 e. The van der Waals surface area contributed by atoms with Crippen molar-refractivity contribution >= 4 is 28.2 Å². The fourth-order valence-electron chi connectivity index (χ4n) is 2.23. The second-order valence-corrected chi connectivity index (χ2v) is 5.60. The van der Waals surface area contributed by atoms with Gasteiger partial charge in [-0.15, -0.1) is 0 Å². The standard InChI is InChI=1S/C16H13IO2/c1-18-12-7-8-13-15(9-12)19-10-14(17)16(13)11-5-3-2-4-6-11/h2-9H,10H2,1H3. The topological polar surface area (TPSA) is 18.5 Å². The van der Waals surface area contributed by atoms with Gasteiger partial charge in [0.25, 0.3) is 0 Å². The van der Waals surface area contributed by atoms with Crippen LogP contribution in [-0.2, 0) is 0 Å². The van der Waals surface area contributed by atoms with Crippen LogP contribution >= 0.6 is 22.6 Å². The van der Waals surface area contributed by atoms with E-state index in [1.807, 2.05) is 18.2 Å². The zero-order valence-corrected chi connectivity index (χ0v) is 12.7. The minimum absolute atomic E-state index is 0.616. The van der Waals surface area contributed by atoms with Crippen molar-refractivity contribution < 1.29 is 9.47 Å². The third kappa shape index (κ3) is 2.34. The van der Waals surface area contributed by atoms with Crippen LogP contribution in [-0.4, -0.2) is 13.7 Å². The van der Waals surface area contributed by atoms with Gasteiger partial charge in [-0.25, -0.2) is 0 Å². The minimum atomic E-state index is 0.616. The normalized spacial score (nSPS) is 13.8. The summed E-state index contributed by atoms with van der Waals surface area (Å²) in [6, 6.07) is 16.4. The molecule has 0 fully saturated rings. The van der Waals surface area contributed by atoms with E-state index in [1.165, 1.54) is 14.7 Å². The number of hydrogen-bond acceptors (Lipinski definition) is 2. The van der Waals surface area contributed by atoms with Gasteiger partial charge in [-0.3, -0.25) is 0 Å². The van der Waals surface area contributed by atoms with Crippen molar-refractivity contribution in [2.24, 2.45) is 0 Å². The average Bonchev–Trinajstić information content (AvgIpc) is 2.47. The van der Waals surface area contributed by atoms with Crippen LogP contribution < -0.4 is 9.47 Å². The summed E-state index contributed by atoms with van der Waals surface area (Å²) in [5.41, 5.74) is 3.61. The van der Waals surface area contributed by atoms with Crippen molar-refractivity contribution in [3.05, 3.63) is 63.2 Å². The van der Waals surface area contributed by atoms with Gasteiger partial charge in [-0.2, -0.15) is 0 Å². The van der Waals surface area contributed by atoms with E-state index >= 15 is 0 Å². The maximum absolute atomic E-state index is 5.78. The lowest BCUT2D eigenvalue weighted by Gasteiger charge is -2.22. The lowest BCUT2D eigenvalue weighted by molar-refractivity contribution is 0.350. The Morgan fingerprint density at radius 2 is 1.89 bits per heavy atom. The molecule has 2 aromatic carbocycles. The monoisotopic (exact) mass is 364 g/mol. The summed E-state index contributed by atoms with van der Waals surface area (Å²) in [6.45, 7) is 0.616. The van der Waals surface area contributed by atoms with Crippen molar-refractivity contribution in [2.75, 3.05) is 13.7 Å². The van der Waals surface area contributed by atoms with E-state index in [4.69, 9.17) is 9.47 Å². The summed E-state index contributed by atoms with van der Waals surface area (Å²) in [7, 11) is 1.67. The quantitative estimate of drug-likeness (QED) is 0.741. The van der Waals surface area contributed by atoms with E-state index in [2.05, 4.69) is 52.9 Å². The van der Waals surface area contributed by atoms with Crippen molar-refractivity contribution in [3.63, 3.8) is 0 Å². The molecule has 1 aliphatic heterocycles. The lowest BCUT2D eigenvalue weighted by Crippen LogP contribution is -2.09. The summed E-state index contributed by atoms with van der Waals surface area (Å²) in [4.78, 5) is 0. The Kier molecular flexibility index (Phi) is 3.46. The average molecular weight is 364 g/mol. The molecule has 0 radical (unpaired) electrons. The number of hydrogen-bond donors (Lipinski definition) is 0. The first-order chi connectivity index (χ1) is 9.29. The number of benzene rings is 2. The van der Waals surface area contributed by atoms with Crippen LogP contribution in [0.4, 0.5) is 0 Å². The molecule has 0 aromatic heterocycles. The molecule has 3 rings (SSSR count). The SMILES string of the molecule is COc1ccc2c(c1)OCC(I)=C2c1ccccc1. The highest BCUT2D eigenvalue weighted by atomic mass is 127. The highest BCUT2D eigenvalue weighted by Gasteiger charge is 2.20. The molecule has 2 aromatic rings. The molecule has 3 heteroatoms. The molecular weight excluding hydrogens is 351 g/mol. The number of methoxy groups -OCH3 is 1. The number of halogens is 1. The number of ether oxygens (including phenoxy) is 2. The Balaban J connectivity index is 2.15. The zero-order valence-electron chi connectivity index (χ0n) is 10.5. The van der Waals surface area contributed by atoms with E-state index < -0.39 is 0 Å². The zero-order chi connectivity index (χ0) is 13.2. The fourth-order valence-corrected chi connectivity index (χ4v) is 2.99. The van der Waals surface area contributed by atoms with Crippen molar-refractivity contribution in [3.8, 4) is 11.5 Å². The van der Waals surface area contributed by atoms with Crippen molar-refractivity contribution in [1.82, 2.24) is 0 Å². The molecule has 0 spiro atoms. The van der Waals surface area contributed by atoms with E-state index in [1.54, 1.807) is 7.11 Å². The van der Waals surface area contributed by atoms with Crippen LogP contribution in [0.5, 0.6) is 11.5 Å². The molecule has 19 heavy (non-hydrogen) atoms. The van der Waals surface area contributed by atoms with Gasteiger partial charge in [0.05, 0.1) is 7.11 Å². The molecule has 0 N–H and O–H groups in total. The van der Waals surface area contributed by atoms with Gasteiger partial charge >= 0.3 is 0 Å². The summed E-state index contributed by atoms with van der Waals surface area (Å²) >= 11 is 2.36. The summed E-state index contributed by atoms with van der Waals surface area (Å²) in [6.07, 6.45) is 0. The van der Waals surface area contributed by atoms with Crippen LogP contribution in [0.3, 0.4) is 0 Å². The second kappa shape index (κ2) is 5.25. The number of rotatable bonds is 2. The third-order valence-electron chi connectivity index (χ3n) is 3.15. The largest absolute Gasteiger partial charge is 0.497 e. The highest BCUT2D eigenvalue weighted by Crippen LogP contribution is 2.40. The molecule has 0 saturated carbocycles. The van der Waals surface area contributed by atoms with Gasteiger partial charge in [0.15, 0.2) is 0 Å². The van der Waals surface area contributed by atoms with Crippen LogP contribution in [0.15, 0.2) is 52.1 Å². The molecule has 2 nitrogen and oxygen atoms in total. The van der Waals surface area contributed by atoms with E-state index in [0.717, 1.165) is 17.1 Å². The Morgan fingerprint density at radius 3 is 2.63 bits per heavy atom. The van der Waals surface area contributed by atoms with Gasteiger partial charge in [-0.05, 0) is 40.3 Å². The molecular formula is C16H13IO2. The first kappa shape index (κ1) is 12.5. The third-order valence-corrected chi connectivity index (χ3v) is 4.00. The molecule has 0 saturated heterocycles. The summed E-state index contributed by atoms with van der Waals surface area (Å²) in [5, 5.41) is 0. The van der Waals surface area contributed by atoms with Gasteiger partial charge in [0.2, 0.25) is 0 Å². The van der Waals surface area contributed by atoms with E-state index in [-0.39, 0.29) is 0 Å². The van der Waals surface area contributed by atoms with Gasteiger partial charge in [0, 0.05) is 20.8 Å². The van der Waals surface area contributed by atoms with Gasteiger partial charge in [0.1, 0.15) is 18.1 Å².